The van der Waals surface area contributed by atoms with E-state index < -0.39 is 0 Å². The van der Waals surface area contributed by atoms with Crippen molar-refractivity contribution >= 4 is 5.96 Å². The van der Waals surface area contributed by atoms with Crippen LogP contribution in [0.25, 0.3) is 0 Å². The number of nitrogens with one attached hydrogen (secondary N) is 1. The van der Waals surface area contributed by atoms with E-state index in [1.54, 1.807) is 6.26 Å². The third-order valence-corrected chi connectivity index (χ3v) is 3.77. The van der Waals surface area contributed by atoms with E-state index >= 15 is 0 Å². The van der Waals surface area contributed by atoms with Crippen molar-refractivity contribution < 1.29 is 4.52 Å². The van der Waals surface area contributed by atoms with Crippen LogP contribution >= 0.6 is 0 Å². The van der Waals surface area contributed by atoms with Crippen molar-refractivity contribution in [3.8, 4) is 0 Å². The lowest BCUT2D eigenvalue weighted by Crippen LogP contribution is -2.39. The van der Waals surface area contributed by atoms with Crippen molar-refractivity contribution in [1.29, 1.82) is 0 Å². The summed E-state index contributed by atoms with van der Waals surface area (Å²) in [6, 6.07) is 1.88. The zero-order valence-electron chi connectivity index (χ0n) is 11.9. The monoisotopic (exact) mass is 264 g/mol. The molecule has 5 heteroatoms. The number of aliphatic imine (C=N–C) groups is 1. The third kappa shape index (κ3) is 4.26. The van der Waals surface area contributed by atoms with Crippen molar-refractivity contribution in [2.24, 2.45) is 10.9 Å². The van der Waals surface area contributed by atoms with Gasteiger partial charge in [0.2, 0.25) is 0 Å². The summed E-state index contributed by atoms with van der Waals surface area (Å²) in [6.45, 7) is 1.71. The van der Waals surface area contributed by atoms with Crippen LogP contribution in [0, 0.1) is 5.92 Å². The van der Waals surface area contributed by atoms with Gasteiger partial charge in [-0.15, -0.1) is 0 Å². The first-order valence-electron chi connectivity index (χ1n) is 7.10. The van der Waals surface area contributed by atoms with Gasteiger partial charge in [-0.3, -0.25) is 4.99 Å². The van der Waals surface area contributed by atoms with E-state index in [9.17, 15) is 0 Å². The average molecular weight is 264 g/mol. The second-order valence-corrected chi connectivity index (χ2v) is 5.26. The van der Waals surface area contributed by atoms with E-state index in [1.165, 1.54) is 32.1 Å². The molecule has 0 radical (unpaired) electrons. The number of hydrogen-bond acceptors (Lipinski definition) is 3. The molecule has 19 heavy (non-hydrogen) atoms. The lowest BCUT2D eigenvalue weighted by molar-refractivity contribution is 0.390. The number of aromatic nitrogens is 1. The fourth-order valence-electron chi connectivity index (χ4n) is 2.71. The normalized spacial score (nSPS) is 16.8. The molecule has 1 aromatic rings. The molecule has 0 saturated heterocycles. The van der Waals surface area contributed by atoms with Gasteiger partial charge in [0.05, 0.1) is 6.54 Å². The summed E-state index contributed by atoms with van der Waals surface area (Å²) in [5, 5.41) is 7.34. The molecule has 1 aromatic heterocycles. The first-order chi connectivity index (χ1) is 9.29. The minimum Gasteiger partial charge on any atom is -0.364 e. The number of rotatable bonds is 5. The molecule has 0 unspecified atom stereocenters. The predicted octanol–water partition coefficient (Wildman–Crippen LogP) is 2.26. The van der Waals surface area contributed by atoms with Crippen molar-refractivity contribution in [1.82, 2.24) is 15.4 Å². The molecule has 0 atom stereocenters. The summed E-state index contributed by atoms with van der Waals surface area (Å²) in [7, 11) is 3.83. The molecule has 1 heterocycles. The standard InChI is InChI=1S/C14H24N4O/c1-15-14(16-9-7-12-5-3-4-6-12)18(2)11-13-8-10-19-17-13/h8,10,12H,3-7,9,11H2,1-2H3,(H,15,16). The zero-order valence-corrected chi connectivity index (χ0v) is 11.9. The largest absolute Gasteiger partial charge is 0.364 e. The van der Waals surface area contributed by atoms with Crippen LogP contribution in [0.2, 0.25) is 0 Å². The van der Waals surface area contributed by atoms with Gasteiger partial charge >= 0.3 is 0 Å². The highest BCUT2D eigenvalue weighted by Crippen LogP contribution is 2.26. The summed E-state index contributed by atoms with van der Waals surface area (Å²) in [5.74, 6) is 1.83. The fourth-order valence-corrected chi connectivity index (χ4v) is 2.71. The lowest BCUT2D eigenvalue weighted by atomic mass is 10.0. The Labute approximate surface area is 115 Å². The van der Waals surface area contributed by atoms with Gasteiger partial charge in [0.15, 0.2) is 5.96 Å². The molecule has 0 aliphatic heterocycles. The van der Waals surface area contributed by atoms with Crippen molar-refractivity contribution in [3.05, 3.63) is 18.0 Å². The Morgan fingerprint density at radius 2 is 2.32 bits per heavy atom. The van der Waals surface area contributed by atoms with Crippen molar-refractivity contribution in [2.75, 3.05) is 20.6 Å². The van der Waals surface area contributed by atoms with Gasteiger partial charge in [-0.2, -0.15) is 0 Å². The number of nitrogens with zero attached hydrogens (tertiary/aromatic N) is 3. The maximum Gasteiger partial charge on any atom is 0.193 e. The van der Waals surface area contributed by atoms with Gasteiger partial charge in [0.1, 0.15) is 12.0 Å². The lowest BCUT2D eigenvalue weighted by Gasteiger charge is -2.21. The molecule has 0 bridgehead atoms. The highest BCUT2D eigenvalue weighted by molar-refractivity contribution is 5.79. The maximum atomic E-state index is 4.84. The van der Waals surface area contributed by atoms with E-state index in [0.29, 0.717) is 6.54 Å². The van der Waals surface area contributed by atoms with Crippen molar-refractivity contribution in [3.63, 3.8) is 0 Å². The SMILES string of the molecule is CN=C(NCCC1CCCC1)N(C)Cc1ccon1. The number of guanidine groups is 1. The average Bonchev–Trinajstić information content (AvgIpc) is 3.07. The third-order valence-electron chi connectivity index (χ3n) is 3.77. The molecule has 1 aliphatic rings. The molecule has 0 amide bonds. The Morgan fingerprint density at radius 1 is 1.53 bits per heavy atom. The molecule has 106 valence electrons. The Morgan fingerprint density at radius 3 is 2.95 bits per heavy atom. The summed E-state index contributed by atoms with van der Waals surface area (Å²) < 4.78 is 4.84. The zero-order chi connectivity index (χ0) is 13.5. The summed E-state index contributed by atoms with van der Waals surface area (Å²) in [6.07, 6.45) is 8.46. The van der Waals surface area contributed by atoms with Crippen LogP contribution in [-0.2, 0) is 6.54 Å². The molecule has 1 N–H and O–H groups in total. The van der Waals surface area contributed by atoms with Crippen LogP contribution in [0.15, 0.2) is 21.8 Å². The second-order valence-electron chi connectivity index (χ2n) is 5.26. The van der Waals surface area contributed by atoms with E-state index in [2.05, 4.69) is 20.4 Å². The van der Waals surface area contributed by atoms with Gasteiger partial charge in [-0.1, -0.05) is 30.8 Å². The van der Waals surface area contributed by atoms with E-state index in [1.807, 2.05) is 20.2 Å². The first-order valence-corrected chi connectivity index (χ1v) is 7.10. The summed E-state index contributed by atoms with van der Waals surface area (Å²) in [5.41, 5.74) is 0.918. The van der Waals surface area contributed by atoms with Gasteiger partial charge in [0.25, 0.3) is 0 Å². The Balaban J connectivity index is 1.72. The quantitative estimate of drug-likeness (QED) is 0.654. The first kappa shape index (κ1) is 13.9. The number of hydrogen-bond donors (Lipinski definition) is 1. The van der Waals surface area contributed by atoms with Crippen molar-refractivity contribution in [2.45, 2.75) is 38.6 Å². The fraction of sp³-hybridized carbons (Fsp3) is 0.714. The topological polar surface area (TPSA) is 53.7 Å². The summed E-state index contributed by atoms with van der Waals surface area (Å²) >= 11 is 0. The van der Waals surface area contributed by atoms with Gasteiger partial charge < -0.3 is 14.7 Å². The Bertz CT molecular complexity index is 382. The van der Waals surface area contributed by atoms with E-state index in [4.69, 9.17) is 4.52 Å². The van der Waals surface area contributed by atoms with Crippen LogP contribution in [0.1, 0.15) is 37.8 Å². The molecular formula is C14H24N4O. The Hall–Kier alpha value is -1.52. The highest BCUT2D eigenvalue weighted by Gasteiger charge is 2.15. The molecule has 1 saturated carbocycles. The Kier molecular flexibility index (Phi) is 5.24. The molecule has 0 spiro atoms. The minimum absolute atomic E-state index is 0.708. The van der Waals surface area contributed by atoms with Crippen LogP contribution in [0.4, 0.5) is 0 Å². The van der Waals surface area contributed by atoms with Crippen LogP contribution in [-0.4, -0.2) is 36.7 Å². The van der Waals surface area contributed by atoms with E-state index in [-0.39, 0.29) is 0 Å². The second kappa shape index (κ2) is 7.16. The van der Waals surface area contributed by atoms with Gasteiger partial charge in [-0.05, 0) is 12.3 Å². The predicted molar refractivity (Wildman–Crippen MR) is 75.9 cm³/mol. The van der Waals surface area contributed by atoms with E-state index in [0.717, 1.165) is 24.1 Å². The minimum atomic E-state index is 0.708. The molecule has 5 nitrogen and oxygen atoms in total. The molecular weight excluding hydrogens is 240 g/mol. The molecule has 2 rings (SSSR count). The summed E-state index contributed by atoms with van der Waals surface area (Å²) in [4.78, 5) is 6.37. The molecule has 1 aliphatic carbocycles. The maximum absolute atomic E-state index is 4.84. The molecule has 0 aromatic carbocycles. The molecule has 1 fully saturated rings. The van der Waals surface area contributed by atoms with Gasteiger partial charge in [0, 0.05) is 26.7 Å². The van der Waals surface area contributed by atoms with Crippen LogP contribution in [0.5, 0.6) is 0 Å². The highest BCUT2D eigenvalue weighted by atomic mass is 16.5. The van der Waals surface area contributed by atoms with Crippen LogP contribution < -0.4 is 5.32 Å². The van der Waals surface area contributed by atoms with Crippen LogP contribution in [0.3, 0.4) is 0 Å². The smallest absolute Gasteiger partial charge is 0.193 e. The van der Waals surface area contributed by atoms with Gasteiger partial charge in [-0.25, -0.2) is 0 Å².